The van der Waals surface area contributed by atoms with Gasteiger partial charge in [-0.25, -0.2) is 0 Å². The van der Waals surface area contributed by atoms with Gasteiger partial charge >= 0.3 is 0 Å². The molecule has 0 amide bonds. The van der Waals surface area contributed by atoms with Crippen molar-refractivity contribution in [3.8, 4) is 0 Å². The molecule has 0 spiro atoms. The number of benzene rings is 1. The smallest absolute Gasteiger partial charge is 0.0919 e. The second-order valence-electron chi connectivity index (χ2n) is 5.28. The van der Waals surface area contributed by atoms with E-state index in [2.05, 4.69) is 42.3 Å². The van der Waals surface area contributed by atoms with E-state index in [0.717, 1.165) is 38.3 Å². The molecule has 3 nitrogen and oxygen atoms in total. The maximum absolute atomic E-state index is 10.4. The van der Waals surface area contributed by atoms with Crippen molar-refractivity contribution < 1.29 is 5.11 Å². The van der Waals surface area contributed by atoms with Crippen molar-refractivity contribution in [2.75, 3.05) is 32.7 Å². The molecule has 1 saturated heterocycles. The Kier molecular flexibility index (Phi) is 4.75. The first-order chi connectivity index (χ1) is 8.66. The Bertz CT molecular complexity index is 384. The van der Waals surface area contributed by atoms with Crippen LogP contribution in [-0.4, -0.2) is 42.7 Å². The third-order valence-electron chi connectivity index (χ3n) is 3.65. The number of aliphatic hydroxyl groups excluding tert-OH is 1. The lowest BCUT2D eigenvalue weighted by molar-refractivity contribution is 0.116. The Morgan fingerprint density at radius 1 is 1.28 bits per heavy atom. The van der Waals surface area contributed by atoms with E-state index in [0.29, 0.717) is 0 Å². The van der Waals surface area contributed by atoms with Gasteiger partial charge in [0.05, 0.1) is 6.10 Å². The molecule has 1 aromatic carbocycles. The van der Waals surface area contributed by atoms with Gasteiger partial charge in [-0.15, -0.1) is 0 Å². The molecule has 0 saturated carbocycles. The lowest BCUT2D eigenvalue weighted by Crippen LogP contribution is -2.32. The number of aryl methyl sites for hydroxylation is 2. The summed E-state index contributed by atoms with van der Waals surface area (Å²) < 4.78 is 0. The molecule has 2 rings (SSSR count). The summed E-state index contributed by atoms with van der Waals surface area (Å²) in [6.45, 7) is 9.14. The second kappa shape index (κ2) is 6.32. The molecule has 1 fully saturated rings. The van der Waals surface area contributed by atoms with Gasteiger partial charge in [-0.2, -0.15) is 0 Å². The van der Waals surface area contributed by atoms with Crippen molar-refractivity contribution >= 4 is 0 Å². The predicted octanol–water partition coefficient (Wildman–Crippen LogP) is 1.63. The highest BCUT2D eigenvalue weighted by atomic mass is 16.3. The van der Waals surface area contributed by atoms with Crippen LogP contribution >= 0.6 is 0 Å². The minimum Gasteiger partial charge on any atom is -0.387 e. The zero-order valence-corrected chi connectivity index (χ0v) is 11.4. The van der Waals surface area contributed by atoms with Gasteiger partial charge in [0.2, 0.25) is 0 Å². The summed E-state index contributed by atoms with van der Waals surface area (Å²) in [7, 11) is 0. The zero-order chi connectivity index (χ0) is 13.0. The molecule has 1 heterocycles. The van der Waals surface area contributed by atoms with Gasteiger partial charge in [0.25, 0.3) is 0 Å². The predicted molar refractivity (Wildman–Crippen MR) is 74.8 cm³/mol. The van der Waals surface area contributed by atoms with Crippen LogP contribution in [0, 0.1) is 13.8 Å². The molecule has 2 N–H and O–H groups in total. The fourth-order valence-electron chi connectivity index (χ4n) is 2.63. The molecule has 3 heteroatoms. The fraction of sp³-hybridized carbons (Fsp3) is 0.600. The lowest BCUT2D eigenvalue weighted by Gasteiger charge is -2.24. The van der Waals surface area contributed by atoms with Crippen LogP contribution in [0.5, 0.6) is 0 Å². The van der Waals surface area contributed by atoms with E-state index in [-0.39, 0.29) is 6.10 Å². The highest BCUT2D eigenvalue weighted by Gasteiger charge is 2.16. The maximum atomic E-state index is 10.4. The van der Waals surface area contributed by atoms with Gasteiger partial charge in [0.15, 0.2) is 0 Å². The number of hydrogen-bond donors (Lipinski definition) is 2. The van der Waals surface area contributed by atoms with Crippen LogP contribution in [0.15, 0.2) is 18.2 Å². The quantitative estimate of drug-likeness (QED) is 0.853. The van der Waals surface area contributed by atoms with E-state index in [1.807, 2.05) is 0 Å². The number of β-amino-alcohol motifs (C(OH)–C–C–N with tert-alkyl or cyclic N) is 1. The topological polar surface area (TPSA) is 35.5 Å². The van der Waals surface area contributed by atoms with E-state index < -0.39 is 0 Å². The van der Waals surface area contributed by atoms with E-state index >= 15 is 0 Å². The van der Waals surface area contributed by atoms with Crippen LogP contribution in [0.1, 0.15) is 29.2 Å². The number of rotatable bonds is 3. The third kappa shape index (κ3) is 3.55. The fourth-order valence-corrected chi connectivity index (χ4v) is 2.63. The highest BCUT2D eigenvalue weighted by Crippen LogP contribution is 2.20. The van der Waals surface area contributed by atoms with E-state index in [4.69, 9.17) is 0 Å². The SMILES string of the molecule is Cc1ccc(C(O)CN2CCCNCC2)c(C)c1. The van der Waals surface area contributed by atoms with Gasteiger partial charge in [-0.3, -0.25) is 4.90 Å². The van der Waals surface area contributed by atoms with Crippen molar-refractivity contribution in [1.82, 2.24) is 10.2 Å². The average molecular weight is 248 g/mol. The first-order valence-corrected chi connectivity index (χ1v) is 6.85. The molecule has 0 aromatic heterocycles. The van der Waals surface area contributed by atoms with Crippen LogP contribution in [0.25, 0.3) is 0 Å². The molecular formula is C15H24N2O. The van der Waals surface area contributed by atoms with Crippen LogP contribution in [0.3, 0.4) is 0 Å². The molecular weight excluding hydrogens is 224 g/mol. The Balaban J connectivity index is 1.99. The Morgan fingerprint density at radius 2 is 2.11 bits per heavy atom. The lowest BCUT2D eigenvalue weighted by atomic mass is 10.0. The summed E-state index contributed by atoms with van der Waals surface area (Å²) in [6, 6.07) is 6.28. The van der Waals surface area contributed by atoms with Gasteiger partial charge in [-0.05, 0) is 44.5 Å². The summed E-state index contributed by atoms with van der Waals surface area (Å²) in [4.78, 5) is 2.35. The van der Waals surface area contributed by atoms with Crippen molar-refractivity contribution in [1.29, 1.82) is 0 Å². The van der Waals surface area contributed by atoms with Crippen LogP contribution in [0.4, 0.5) is 0 Å². The number of aliphatic hydroxyl groups is 1. The van der Waals surface area contributed by atoms with Gasteiger partial charge < -0.3 is 10.4 Å². The number of nitrogens with zero attached hydrogens (tertiary/aromatic N) is 1. The first kappa shape index (κ1) is 13.5. The summed E-state index contributed by atoms with van der Waals surface area (Å²) in [6.07, 6.45) is 0.795. The standard InChI is InChI=1S/C15H24N2O/c1-12-4-5-14(13(2)10-12)15(18)11-17-8-3-6-16-7-9-17/h4-5,10,15-16,18H,3,6-9,11H2,1-2H3. The molecule has 1 aliphatic heterocycles. The molecule has 0 radical (unpaired) electrons. The molecule has 18 heavy (non-hydrogen) atoms. The largest absolute Gasteiger partial charge is 0.387 e. The van der Waals surface area contributed by atoms with Gasteiger partial charge in [-0.1, -0.05) is 23.8 Å². The minimum absolute atomic E-state index is 0.372. The second-order valence-corrected chi connectivity index (χ2v) is 5.28. The Labute approximate surface area is 110 Å². The van der Waals surface area contributed by atoms with E-state index in [1.54, 1.807) is 0 Å². The van der Waals surface area contributed by atoms with Gasteiger partial charge in [0, 0.05) is 19.6 Å². The Hall–Kier alpha value is -0.900. The molecule has 1 aromatic rings. The van der Waals surface area contributed by atoms with E-state index in [1.165, 1.54) is 17.5 Å². The van der Waals surface area contributed by atoms with Gasteiger partial charge in [0.1, 0.15) is 0 Å². The minimum atomic E-state index is -0.372. The monoisotopic (exact) mass is 248 g/mol. The molecule has 0 bridgehead atoms. The highest BCUT2D eigenvalue weighted by molar-refractivity contribution is 5.32. The van der Waals surface area contributed by atoms with Crippen molar-refractivity contribution in [3.63, 3.8) is 0 Å². The molecule has 0 aliphatic carbocycles. The summed E-state index contributed by atoms with van der Waals surface area (Å²) in [5.74, 6) is 0. The summed E-state index contributed by atoms with van der Waals surface area (Å²) in [5, 5.41) is 13.8. The van der Waals surface area contributed by atoms with E-state index in [9.17, 15) is 5.11 Å². The normalized spacial score (nSPS) is 19.5. The van der Waals surface area contributed by atoms with Crippen LogP contribution in [0.2, 0.25) is 0 Å². The third-order valence-corrected chi connectivity index (χ3v) is 3.65. The first-order valence-electron chi connectivity index (χ1n) is 6.85. The average Bonchev–Trinajstić information content (AvgIpc) is 2.57. The van der Waals surface area contributed by atoms with Crippen molar-refractivity contribution in [2.24, 2.45) is 0 Å². The molecule has 1 aliphatic rings. The van der Waals surface area contributed by atoms with Crippen LogP contribution in [-0.2, 0) is 0 Å². The zero-order valence-electron chi connectivity index (χ0n) is 11.4. The summed E-state index contributed by atoms with van der Waals surface area (Å²) >= 11 is 0. The maximum Gasteiger partial charge on any atom is 0.0919 e. The Morgan fingerprint density at radius 3 is 2.89 bits per heavy atom. The molecule has 1 atom stereocenters. The van der Waals surface area contributed by atoms with Crippen LogP contribution < -0.4 is 5.32 Å². The number of hydrogen-bond acceptors (Lipinski definition) is 3. The van der Waals surface area contributed by atoms with Crippen molar-refractivity contribution in [2.45, 2.75) is 26.4 Å². The number of nitrogens with one attached hydrogen (secondary N) is 1. The molecule has 100 valence electrons. The summed E-state index contributed by atoms with van der Waals surface area (Å²) in [5.41, 5.74) is 3.51. The molecule has 1 unspecified atom stereocenters. The van der Waals surface area contributed by atoms with Crippen molar-refractivity contribution in [3.05, 3.63) is 34.9 Å².